The van der Waals surface area contributed by atoms with Crippen LogP contribution in [0.5, 0.6) is 0 Å². The predicted octanol–water partition coefficient (Wildman–Crippen LogP) is 2.66. The second-order valence-corrected chi connectivity index (χ2v) is 8.44. The molecule has 2 aliphatic carbocycles. The van der Waals surface area contributed by atoms with Crippen LogP contribution in [0.2, 0.25) is 0 Å². The number of benzene rings is 1. The Morgan fingerprint density at radius 3 is 2.39 bits per heavy atom. The molecule has 2 aliphatic rings. The molecule has 3 unspecified atom stereocenters. The summed E-state index contributed by atoms with van der Waals surface area (Å²) in [4.78, 5) is 23.1. The lowest BCUT2D eigenvalue weighted by molar-refractivity contribution is -0.123. The minimum atomic E-state index is -0.250. The van der Waals surface area contributed by atoms with Gasteiger partial charge in [0.2, 0.25) is 5.91 Å². The number of aliphatic hydroxyl groups excluding tert-OH is 1. The summed E-state index contributed by atoms with van der Waals surface area (Å²) in [6.07, 6.45) is 4.05. The second kappa shape index (κ2) is 10.0. The highest BCUT2D eigenvalue weighted by molar-refractivity contribution is 5.78. The van der Waals surface area contributed by atoms with E-state index < -0.39 is 0 Å². The number of fused-ring (bicyclic) bond motifs is 1. The minimum absolute atomic E-state index is 0.0268. The van der Waals surface area contributed by atoms with E-state index in [1.54, 1.807) is 0 Å². The fourth-order valence-corrected chi connectivity index (χ4v) is 4.86. The van der Waals surface area contributed by atoms with Gasteiger partial charge in [0.1, 0.15) is 0 Å². The maximum absolute atomic E-state index is 12.5. The summed E-state index contributed by atoms with van der Waals surface area (Å²) in [5.41, 5.74) is 3.63. The SMILES string of the molecule is Cc1ccc(C)c(C(C)NC(=O)CN(C)C2C[C@H]3CC(O)C[C@H]3C2)c1.O=CO. The van der Waals surface area contributed by atoms with Gasteiger partial charge >= 0.3 is 0 Å². The highest BCUT2D eigenvalue weighted by Gasteiger charge is 2.42. The molecule has 6 nitrogen and oxygen atoms in total. The van der Waals surface area contributed by atoms with Gasteiger partial charge in [0.05, 0.1) is 18.7 Å². The number of carbonyl (C=O) groups is 2. The number of carboxylic acid groups (broad SMARTS) is 1. The summed E-state index contributed by atoms with van der Waals surface area (Å²) in [7, 11) is 2.06. The molecule has 0 spiro atoms. The summed E-state index contributed by atoms with van der Waals surface area (Å²) in [5, 5.41) is 19.8. The number of aryl methyl sites for hydroxylation is 2. The fraction of sp³-hybridized carbons (Fsp3) is 0.636. The standard InChI is InChI=1S/C21H32N2O2.CH2O2/c1-13-5-6-14(2)20(7-13)15(3)22-21(25)12-23(4)18-8-16-10-19(24)11-17(16)9-18;2-1-3/h5-7,15-19,24H,8-12H2,1-4H3,(H,22,25);1H,(H,2,3)/t15?,16-,17+,18?,19?;. The average molecular weight is 391 g/mol. The zero-order chi connectivity index (χ0) is 20.8. The second-order valence-electron chi connectivity index (χ2n) is 8.44. The summed E-state index contributed by atoms with van der Waals surface area (Å²) in [5.74, 6) is 1.40. The van der Waals surface area contributed by atoms with Gasteiger partial charge in [0, 0.05) is 6.04 Å². The van der Waals surface area contributed by atoms with Crippen LogP contribution in [-0.2, 0) is 9.59 Å². The number of aliphatic hydroxyl groups is 1. The van der Waals surface area contributed by atoms with E-state index >= 15 is 0 Å². The van der Waals surface area contributed by atoms with Gasteiger partial charge in [-0.1, -0.05) is 23.8 Å². The molecule has 5 atom stereocenters. The Labute approximate surface area is 167 Å². The van der Waals surface area contributed by atoms with Crippen molar-refractivity contribution in [3.05, 3.63) is 34.9 Å². The van der Waals surface area contributed by atoms with Gasteiger partial charge in [-0.3, -0.25) is 14.5 Å². The zero-order valence-electron chi connectivity index (χ0n) is 17.4. The molecule has 0 aliphatic heterocycles. The van der Waals surface area contributed by atoms with Gasteiger partial charge in [-0.05, 0) is 76.5 Å². The van der Waals surface area contributed by atoms with Crippen molar-refractivity contribution in [2.75, 3.05) is 13.6 Å². The molecule has 0 aromatic heterocycles. The molecule has 1 aromatic rings. The molecule has 0 saturated heterocycles. The fourth-order valence-electron chi connectivity index (χ4n) is 4.86. The molecular formula is C22H34N2O4. The Morgan fingerprint density at radius 1 is 1.25 bits per heavy atom. The molecule has 2 saturated carbocycles. The van der Waals surface area contributed by atoms with Gasteiger partial charge in [0.15, 0.2) is 0 Å². The van der Waals surface area contributed by atoms with E-state index in [0.29, 0.717) is 24.4 Å². The number of rotatable bonds is 5. The Morgan fingerprint density at radius 2 is 1.82 bits per heavy atom. The molecule has 0 heterocycles. The molecular weight excluding hydrogens is 356 g/mol. The third-order valence-electron chi connectivity index (χ3n) is 6.26. The van der Waals surface area contributed by atoms with Crippen molar-refractivity contribution >= 4 is 12.4 Å². The van der Waals surface area contributed by atoms with Crippen molar-refractivity contribution in [2.45, 2.75) is 64.6 Å². The Balaban J connectivity index is 0.000000878. The van der Waals surface area contributed by atoms with Crippen molar-refractivity contribution in [2.24, 2.45) is 11.8 Å². The smallest absolute Gasteiger partial charge is 0.290 e. The molecule has 0 radical (unpaired) electrons. The van der Waals surface area contributed by atoms with Gasteiger partial charge in [-0.2, -0.15) is 0 Å². The maximum atomic E-state index is 12.5. The number of carbonyl (C=O) groups excluding carboxylic acids is 1. The molecule has 6 heteroatoms. The normalized spacial score (nSPS) is 26.9. The average Bonchev–Trinajstić information content (AvgIpc) is 3.15. The van der Waals surface area contributed by atoms with E-state index in [1.165, 1.54) is 16.7 Å². The van der Waals surface area contributed by atoms with E-state index in [1.807, 2.05) is 0 Å². The first kappa shape index (κ1) is 22.4. The van der Waals surface area contributed by atoms with Crippen LogP contribution in [0.15, 0.2) is 18.2 Å². The molecule has 0 bridgehead atoms. The summed E-state index contributed by atoms with van der Waals surface area (Å²) in [6, 6.07) is 6.89. The number of amides is 1. The van der Waals surface area contributed by atoms with Crippen LogP contribution in [0.1, 0.15) is 55.3 Å². The van der Waals surface area contributed by atoms with E-state index in [4.69, 9.17) is 9.90 Å². The van der Waals surface area contributed by atoms with Crippen molar-refractivity contribution in [3.8, 4) is 0 Å². The van der Waals surface area contributed by atoms with E-state index in [0.717, 1.165) is 25.7 Å². The minimum Gasteiger partial charge on any atom is -0.483 e. The Kier molecular flexibility index (Phi) is 8.01. The van der Waals surface area contributed by atoms with Crippen LogP contribution in [0.4, 0.5) is 0 Å². The summed E-state index contributed by atoms with van der Waals surface area (Å²) in [6.45, 7) is 6.43. The monoisotopic (exact) mass is 390 g/mol. The van der Waals surface area contributed by atoms with Crippen LogP contribution in [0.3, 0.4) is 0 Å². The quantitative estimate of drug-likeness (QED) is 0.673. The van der Waals surface area contributed by atoms with Crippen molar-refractivity contribution in [3.63, 3.8) is 0 Å². The number of nitrogens with one attached hydrogen (secondary N) is 1. The maximum Gasteiger partial charge on any atom is 0.290 e. The predicted molar refractivity (Wildman–Crippen MR) is 109 cm³/mol. The molecule has 156 valence electrons. The molecule has 2 fully saturated rings. The van der Waals surface area contributed by atoms with E-state index in [9.17, 15) is 9.90 Å². The summed E-state index contributed by atoms with van der Waals surface area (Å²) < 4.78 is 0. The van der Waals surface area contributed by atoms with Crippen molar-refractivity contribution < 1.29 is 19.8 Å². The Bertz CT molecular complexity index is 665. The Hall–Kier alpha value is -1.92. The first-order valence-corrected chi connectivity index (χ1v) is 10.1. The van der Waals surface area contributed by atoms with Crippen LogP contribution in [-0.4, -0.2) is 53.2 Å². The van der Waals surface area contributed by atoms with Crippen LogP contribution in [0, 0.1) is 25.7 Å². The first-order chi connectivity index (χ1) is 13.2. The lowest BCUT2D eigenvalue weighted by Crippen LogP contribution is -2.40. The highest BCUT2D eigenvalue weighted by atomic mass is 16.3. The lowest BCUT2D eigenvalue weighted by atomic mass is 10.00. The summed E-state index contributed by atoms with van der Waals surface area (Å²) >= 11 is 0. The van der Waals surface area contributed by atoms with Gasteiger partial charge < -0.3 is 15.5 Å². The van der Waals surface area contributed by atoms with Gasteiger partial charge in [-0.15, -0.1) is 0 Å². The van der Waals surface area contributed by atoms with Crippen LogP contribution >= 0.6 is 0 Å². The van der Waals surface area contributed by atoms with Crippen molar-refractivity contribution in [1.29, 1.82) is 0 Å². The molecule has 3 rings (SSSR count). The lowest BCUT2D eigenvalue weighted by Gasteiger charge is -2.26. The van der Waals surface area contributed by atoms with Gasteiger partial charge in [0.25, 0.3) is 6.47 Å². The van der Waals surface area contributed by atoms with Crippen LogP contribution < -0.4 is 5.32 Å². The number of nitrogens with zero attached hydrogens (tertiary/aromatic N) is 1. The molecule has 1 aromatic carbocycles. The zero-order valence-corrected chi connectivity index (χ0v) is 17.4. The first-order valence-electron chi connectivity index (χ1n) is 10.1. The number of hydrogen-bond acceptors (Lipinski definition) is 4. The third kappa shape index (κ3) is 5.79. The van der Waals surface area contributed by atoms with Gasteiger partial charge in [-0.25, -0.2) is 0 Å². The molecule has 3 N–H and O–H groups in total. The molecule has 1 amide bonds. The van der Waals surface area contributed by atoms with E-state index in [2.05, 4.69) is 56.2 Å². The number of hydrogen-bond donors (Lipinski definition) is 3. The molecule has 28 heavy (non-hydrogen) atoms. The van der Waals surface area contributed by atoms with Crippen LogP contribution in [0.25, 0.3) is 0 Å². The van der Waals surface area contributed by atoms with Crippen molar-refractivity contribution in [1.82, 2.24) is 10.2 Å². The largest absolute Gasteiger partial charge is 0.483 e. The highest BCUT2D eigenvalue weighted by Crippen LogP contribution is 2.45. The third-order valence-corrected chi connectivity index (χ3v) is 6.26. The van der Waals surface area contributed by atoms with E-state index in [-0.39, 0.29) is 24.5 Å². The topological polar surface area (TPSA) is 89.9 Å². The number of likely N-dealkylation sites (N-methyl/N-ethyl adjacent to an activating group) is 1.